The van der Waals surface area contributed by atoms with E-state index in [4.69, 9.17) is 5.10 Å². The maximum Gasteiger partial charge on any atom is 0.267 e. The fraction of sp³-hybridized carbons (Fsp3) is 0.172. The minimum atomic E-state index is -0.178. The van der Waals surface area contributed by atoms with Gasteiger partial charge in [-0.2, -0.15) is 10.2 Å². The molecule has 2 aromatic carbocycles. The second kappa shape index (κ2) is 9.62. The van der Waals surface area contributed by atoms with Crippen LogP contribution in [0.4, 0.5) is 0 Å². The molecule has 7 heteroatoms. The van der Waals surface area contributed by atoms with Gasteiger partial charge in [-0.25, -0.2) is 9.20 Å². The maximum atomic E-state index is 13.2. The molecular formula is C29H27N5O2. The molecule has 36 heavy (non-hydrogen) atoms. The minimum Gasteiger partial charge on any atom is -0.346 e. The second-order valence-electron chi connectivity index (χ2n) is 9.04. The maximum absolute atomic E-state index is 13.2. The largest absolute Gasteiger partial charge is 0.346 e. The summed E-state index contributed by atoms with van der Waals surface area (Å²) in [5.41, 5.74) is 5.15. The molecule has 0 fully saturated rings. The van der Waals surface area contributed by atoms with Gasteiger partial charge in [0, 0.05) is 23.4 Å². The van der Waals surface area contributed by atoms with Gasteiger partial charge < -0.3 is 5.32 Å². The van der Waals surface area contributed by atoms with E-state index in [0.29, 0.717) is 11.3 Å². The van der Waals surface area contributed by atoms with Crippen LogP contribution in [0.3, 0.4) is 0 Å². The Kier molecular flexibility index (Phi) is 6.21. The first-order valence-corrected chi connectivity index (χ1v) is 12.0. The predicted molar refractivity (Wildman–Crippen MR) is 141 cm³/mol. The normalized spacial score (nSPS) is 12.1. The van der Waals surface area contributed by atoms with Gasteiger partial charge in [0.15, 0.2) is 0 Å². The van der Waals surface area contributed by atoms with Crippen LogP contribution in [0.15, 0.2) is 95.9 Å². The molecule has 0 radical (unpaired) electrons. The lowest BCUT2D eigenvalue weighted by Crippen LogP contribution is -2.26. The van der Waals surface area contributed by atoms with Gasteiger partial charge in [-0.1, -0.05) is 60.7 Å². The zero-order chi connectivity index (χ0) is 25.2. The van der Waals surface area contributed by atoms with E-state index in [-0.39, 0.29) is 23.6 Å². The van der Waals surface area contributed by atoms with Crippen LogP contribution >= 0.6 is 0 Å². The van der Waals surface area contributed by atoms with Gasteiger partial charge in [-0.15, -0.1) is 0 Å². The van der Waals surface area contributed by atoms with Gasteiger partial charge in [0.05, 0.1) is 28.9 Å². The number of nitrogens with zero attached hydrogens (tertiary/aromatic N) is 4. The van der Waals surface area contributed by atoms with E-state index in [0.717, 1.165) is 27.9 Å². The highest BCUT2D eigenvalue weighted by atomic mass is 16.1. The monoisotopic (exact) mass is 477 g/mol. The molecule has 0 saturated carbocycles. The third-order valence-electron chi connectivity index (χ3n) is 6.16. The van der Waals surface area contributed by atoms with Crippen LogP contribution in [-0.2, 0) is 0 Å². The molecular weight excluding hydrogens is 450 g/mol. The molecule has 180 valence electrons. The molecule has 3 aromatic heterocycles. The number of amides is 1. The number of hydrogen-bond acceptors (Lipinski definition) is 4. The van der Waals surface area contributed by atoms with Crippen molar-refractivity contribution in [3.05, 3.63) is 113 Å². The minimum absolute atomic E-state index is 0.0970. The molecule has 3 heterocycles. The summed E-state index contributed by atoms with van der Waals surface area (Å²) in [6.07, 6.45) is 1.78. The standard InChI is InChI=1S/C29H27N5O2/c1-19(2)34-26(35)15-14-24(31-34)27-25-18-23(29(36)30-20(3)21-10-6-4-7-11-21)16-17-33(25)32-28(27)22-12-8-5-9-13-22/h4-20H,1-3H3,(H,30,36)/t20-/m0/s1. The van der Waals surface area contributed by atoms with Crippen LogP contribution < -0.4 is 10.9 Å². The molecule has 0 aliphatic rings. The second-order valence-corrected chi connectivity index (χ2v) is 9.04. The Morgan fingerprint density at radius 3 is 2.25 bits per heavy atom. The van der Waals surface area contributed by atoms with Crippen molar-refractivity contribution < 1.29 is 4.79 Å². The molecule has 5 rings (SSSR count). The highest BCUT2D eigenvalue weighted by molar-refractivity contribution is 5.98. The van der Waals surface area contributed by atoms with Crippen molar-refractivity contribution >= 4 is 11.4 Å². The van der Waals surface area contributed by atoms with Crippen molar-refractivity contribution in [2.45, 2.75) is 32.9 Å². The smallest absolute Gasteiger partial charge is 0.267 e. The lowest BCUT2D eigenvalue weighted by atomic mass is 10.0. The summed E-state index contributed by atoms with van der Waals surface area (Å²) < 4.78 is 3.22. The summed E-state index contributed by atoms with van der Waals surface area (Å²) >= 11 is 0. The molecule has 1 N–H and O–H groups in total. The van der Waals surface area contributed by atoms with Crippen molar-refractivity contribution in [1.82, 2.24) is 24.7 Å². The van der Waals surface area contributed by atoms with Gasteiger partial charge in [-0.05, 0) is 44.5 Å². The summed E-state index contributed by atoms with van der Waals surface area (Å²) in [6, 6.07) is 26.3. The number of nitrogens with one attached hydrogen (secondary N) is 1. The molecule has 0 saturated heterocycles. The van der Waals surface area contributed by atoms with E-state index < -0.39 is 0 Å². The average Bonchev–Trinajstić information content (AvgIpc) is 3.28. The zero-order valence-electron chi connectivity index (χ0n) is 20.4. The van der Waals surface area contributed by atoms with Gasteiger partial charge in [0.2, 0.25) is 0 Å². The van der Waals surface area contributed by atoms with E-state index >= 15 is 0 Å². The van der Waals surface area contributed by atoms with E-state index in [2.05, 4.69) is 10.4 Å². The number of carbonyl (C=O) groups excluding carboxylic acids is 1. The Balaban J connectivity index is 1.63. The van der Waals surface area contributed by atoms with E-state index in [1.165, 1.54) is 10.7 Å². The molecule has 7 nitrogen and oxygen atoms in total. The number of aromatic nitrogens is 4. The van der Waals surface area contributed by atoms with Gasteiger partial charge in [-0.3, -0.25) is 9.59 Å². The van der Waals surface area contributed by atoms with Crippen LogP contribution in [-0.4, -0.2) is 25.3 Å². The Hall–Kier alpha value is -4.52. The number of rotatable bonds is 6. The van der Waals surface area contributed by atoms with Crippen LogP contribution in [0.25, 0.3) is 28.0 Å². The zero-order valence-corrected chi connectivity index (χ0v) is 20.4. The summed E-state index contributed by atoms with van der Waals surface area (Å²) in [7, 11) is 0. The first kappa shape index (κ1) is 23.2. The Morgan fingerprint density at radius 1 is 0.861 bits per heavy atom. The quantitative estimate of drug-likeness (QED) is 0.360. The molecule has 5 aromatic rings. The highest BCUT2D eigenvalue weighted by Crippen LogP contribution is 2.34. The van der Waals surface area contributed by atoms with Gasteiger partial charge >= 0.3 is 0 Å². The van der Waals surface area contributed by atoms with E-state index in [1.54, 1.807) is 22.8 Å². The topological polar surface area (TPSA) is 81.3 Å². The number of hydrogen-bond donors (Lipinski definition) is 1. The lowest BCUT2D eigenvalue weighted by Gasteiger charge is -2.14. The Bertz CT molecular complexity index is 1590. The average molecular weight is 478 g/mol. The van der Waals surface area contributed by atoms with Gasteiger partial charge in [0.1, 0.15) is 5.69 Å². The predicted octanol–water partition coefficient (Wildman–Crippen LogP) is 5.30. The van der Waals surface area contributed by atoms with Crippen molar-refractivity contribution in [2.75, 3.05) is 0 Å². The fourth-order valence-electron chi connectivity index (χ4n) is 4.27. The number of benzene rings is 2. The third-order valence-corrected chi connectivity index (χ3v) is 6.16. The molecule has 1 amide bonds. The molecule has 0 spiro atoms. The third kappa shape index (κ3) is 4.43. The van der Waals surface area contributed by atoms with Crippen molar-refractivity contribution in [1.29, 1.82) is 0 Å². The fourth-order valence-corrected chi connectivity index (χ4v) is 4.27. The highest BCUT2D eigenvalue weighted by Gasteiger charge is 2.21. The summed E-state index contributed by atoms with van der Waals surface area (Å²) in [5, 5.41) is 12.6. The number of fused-ring (bicyclic) bond motifs is 1. The molecule has 0 aliphatic carbocycles. The molecule has 0 bridgehead atoms. The summed E-state index contributed by atoms with van der Waals surface area (Å²) in [6.45, 7) is 5.80. The molecule has 0 unspecified atom stereocenters. The van der Waals surface area contributed by atoms with Crippen LogP contribution in [0.5, 0.6) is 0 Å². The molecule has 0 aliphatic heterocycles. The Morgan fingerprint density at radius 2 is 1.56 bits per heavy atom. The van der Waals surface area contributed by atoms with Gasteiger partial charge in [0.25, 0.3) is 11.5 Å². The van der Waals surface area contributed by atoms with Crippen LogP contribution in [0.2, 0.25) is 0 Å². The first-order chi connectivity index (χ1) is 17.4. The first-order valence-electron chi connectivity index (χ1n) is 12.0. The van der Waals surface area contributed by atoms with Crippen molar-refractivity contribution in [2.24, 2.45) is 0 Å². The van der Waals surface area contributed by atoms with E-state index in [1.807, 2.05) is 87.5 Å². The lowest BCUT2D eigenvalue weighted by molar-refractivity contribution is 0.0940. The number of carbonyl (C=O) groups is 1. The Labute approximate surface area is 209 Å². The molecule has 1 atom stereocenters. The van der Waals surface area contributed by atoms with E-state index in [9.17, 15) is 9.59 Å². The summed E-state index contributed by atoms with van der Waals surface area (Å²) in [5.74, 6) is -0.178. The number of pyridine rings is 1. The van der Waals surface area contributed by atoms with Crippen LogP contribution in [0, 0.1) is 0 Å². The SMILES string of the molecule is CC(C)n1nc(-c2c(-c3ccccc3)nn3ccc(C(=O)N[C@@H](C)c4ccccc4)cc23)ccc1=O. The summed E-state index contributed by atoms with van der Waals surface area (Å²) in [4.78, 5) is 25.6. The van der Waals surface area contributed by atoms with Crippen molar-refractivity contribution in [3.63, 3.8) is 0 Å². The van der Waals surface area contributed by atoms with Crippen molar-refractivity contribution in [3.8, 4) is 22.5 Å². The van der Waals surface area contributed by atoms with Crippen LogP contribution in [0.1, 0.15) is 48.8 Å².